The summed E-state index contributed by atoms with van der Waals surface area (Å²) >= 11 is 0. The van der Waals surface area contributed by atoms with Crippen LogP contribution in [0.1, 0.15) is 54.1 Å². The molecule has 1 aromatic carbocycles. The van der Waals surface area contributed by atoms with Crippen LogP contribution < -0.4 is 5.32 Å². The van der Waals surface area contributed by atoms with Gasteiger partial charge < -0.3 is 5.32 Å². The number of H-pyrrole nitrogens is 1. The number of aromatic nitrogens is 4. The number of nitrogens with zero attached hydrogens (tertiary/aromatic N) is 3. The van der Waals surface area contributed by atoms with Crippen LogP contribution in [0.15, 0.2) is 42.5 Å². The molecule has 0 aliphatic heterocycles. The summed E-state index contributed by atoms with van der Waals surface area (Å²) in [5.41, 5.74) is 5.29. The second-order valence-electron chi connectivity index (χ2n) is 7.20. The molecular formula is C21H25N5O. The average molecular weight is 363 g/mol. The van der Waals surface area contributed by atoms with E-state index in [1.807, 2.05) is 56.3 Å². The Morgan fingerprint density at radius 1 is 1.07 bits per heavy atom. The van der Waals surface area contributed by atoms with Crippen LogP contribution in [0.2, 0.25) is 0 Å². The number of rotatable bonds is 6. The summed E-state index contributed by atoms with van der Waals surface area (Å²) in [5, 5.41) is 18.7. The van der Waals surface area contributed by atoms with Crippen molar-refractivity contribution in [2.45, 2.75) is 46.1 Å². The van der Waals surface area contributed by atoms with Crippen LogP contribution in [0.25, 0.3) is 11.3 Å². The van der Waals surface area contributed by atoms with Crippen LogP contribution >= 0.6 is 0 Å². The smallest absolute Gasteiger partial charge is 0.251 e. The summed E-state index contributed by atoms with van der Waals surface area (Å²) in [6, 6.07) is 13.4. The number of benzene rings is 1. The summed E-state index contributed by atoms with van der Waals surface area (Å²) in [6.45, 7) is 8.11. The van der Waals surface area contributed by atoms with Crippen molar-refractivity contribution in [1.82, 2.24) is 25.7 Å². The molecule has 0 aliphatic carbocycles. The van der Waals surface area contributed by atoms with E-state index in [1.54, 1.807) is 0 Å². The van der Waals surface area contributed by atoms with Gasteiger partial charge in [-0.2, -0.15) is 15.3 Å². The molecule has 0 radical (unpaired) electrons. The molecule has 27 heavy (non-hydrogen) atoms. The molecule has 6 heteroatoms. The van der Waals surface area contributed by atoms with Gasteiger partial charge in [-0.1, -0.05) is 26.0 Å². The molecule has 2 heterocycles. The highest BCUT2D eigenvalue weighted by atomic mass is 16.1. The number of hydrogen-bond acceptors (Lipinski definition) is 4. The van der Waals surface area contributed by atoms with Gasteiger partial charge in [0.2, 0.25) is 0 Å². The number of aromatic amines is 1. The van der Waals surface area contributed by atoms with Crippen LogP contribution in [-0.4, -0.2) is 32.3 Å². The molecule has 1 amide bonds. The fourth-order valence-corrected chi connectivity index (χ4v) is 2.85. The van der Waals surface area contributed by atoms with Gasteiger partial charge in [0, 0.05) is 29.3 Å². The zero-order valence-electron chi connectivity index (χ0n) is 16.2. The molecule has 0 aliphatic rings. The third-order valence-corrected chi connectivity index (χ3v) is 4.37. The fourth-order valence-electron chi connectivity index (χ4n) is 2.85. The summed E-state index contributed by atoms with van der Waals surface area (Å²) in [7, 11) is 0. The summed E-state index contributed by atoms with van der Waals surface area (Å²) in [5.74, 6) is 0.257. The Balaban J connectivity index is 1.62. The first-order valence-corrected chi connectivity index (χ1v) is 9.18. The van der Waals surface area contributed by atoms with Crippen molar-refractivity contribution < 1.29 is 4.79 Å². The van der Waals surface area contributed by atoms with Crippen molar-refractivity contribution in [3.63, 3.8) is 0 Å². The SMILES string of the molecule is Cc1cc(CC(C)NC(=O)c2ccc(-c3ccc(C(C)C)nn3)cc2)n[nH]1. The number of carbonyl (C=O) groups is 1. The second-order valence-corrected chi connectivity index (χ2v) is 7.20. The first-order valence-electron chi connectivity index (χ1n) is 9.18. The Kier molecular flexibility index (Phi) is 5.64. The van der Waals surface area contributed by atoms with Gasteiger partial charge in [0.1, 0.15) is 0 Å². The van der Waals surface area contributed by atoms with Crippen molar-refractivity contribution in [3.05, 3.63) is 65.1 Å². The predicted octanol–water partition coefficient (Wildman–Crippen LogP) is 3.66. The van der Waals surface area contributed by atoms with Gasteiger partial charge in [0.05, 0.1) is 17.1 Å². The molecule has 0 saturated carbocycles. The standard InChI is InChI=1S/C21H25N5O/c1-13(2)19-9-10-20(26-25-19)16-5-7-17(8-6-16)21(27)22-14(3)11-18-12-15(4)23-24-18/h5-10,12-14H,11H2,1-4H3,(H,22,27)(H,23,24). The molecule has 0 spiro atoms. The number of aryl methyl sites for hydroxylation is 1. The third kappa shape index (κ3) is 4.78. The van der Waals surface area contributed by atoms with Crippen molar-refractivity contribution in [2.24, 2.45) is 0 Å². The minimum atomic E-state index is -0.0949. The van der Waals surface area contributed by atoms with Crippen LogP contribution in [-0.2, 0) is 6.42 Å². The first kappa shape index (κ1) is 18.8. The van der Waals surface area contributed by atoms with Gasteiger partial charge in [0.25, 0.3) is 5.91 Å². The molecule has 2 aromatic heterocycles. The second kappa shape index (κ2) is 8.12. The zero-order chi connectivity index (χ0) is 19.4. The molecule has 2 N–H and O–H groups in total. The highest BCUT2D eigenvalue weighted by molar-refractivity contribution is 5.94. The molecular weight excluding hydrogens is 338 g/mol. The Labute approximate surface area is 159 Å². The predicted molar refractivity (Wildman–Crippen MR) is 106 cm³/mol. The highest BCUT2D eigenvalue weighted by Crippen LogP contribution is 2.19. The van der Waals surface area contributed by atoms with Crippen LogP contribution in [0.3, 0.4) is 0 Å². The average Bonchev–Trinajstić information content (AvgIpc) is 3.06. The van der Waals surface area contributed by atoms with E-state index < -0.39 is 0 Å². The normalized spacial score (nSPS) is 12.2. The highest BCUT2D eigenvalue weighted by Gasteiger charge is 2.12. The van der Waals surface area contributed by atoms with E-state index in [0.29, 0.717) is 17.9 Å². The first-order chi connectivity index (χ1) is 12.9. The van der Waals surface area contributed by atoms with E-state index >= 15 is 0 Å². The zero-order valence-corrected chi connectivity index (χ0v) is 16.2. The molecule has 0 fully saturated rings. The third-order valence-electron chi connectivity index (χ3n) is 4.37. The molecule has 0 bridgehead atoms. The molecule has 1 atom stereocenters. The molecule has 140 valence electrons. The lowest BCUT2D eigenvalue weighted by Crippen LogP contribution is -2.34. The van der Waals surface area contributed by atoms with Crippen molar-refractivity contribution >= 4 is 5.91 Å². The van der Waals surface area contributed by atoms with E-state index in [1.165, 1.54) is 0 Å². The lowest BCUT2D eigenvalue weighted by atomic mass is 10.1. The van der Waals surface area contributed by atoms with E-state index in [2.05, 4.69) is 39.6 Å². The molecule has 3 aromatic rings. The van der Waals surface area contributed by atoms with Gasteiger partial charge in [-0.25, -0.2) is 0 Å². The monoisotopic (exact) mass is 363 g/mol. The molecule has 6 nitrogen and oxygen atoms in total. The Bertz CT molecular complexity index is 897. The van der Waals surface area contributed by atoms with E-state index in [0.717, 1.165) is 28.3 Å². The molecule has 3 rings (SSSR count). The maximum atomic E-state index is 12.5. The fraction of sp³-hybridized carbons (Fsp3) is 0.333. The van der Waals surface area contributed by atoms with Crippen molar-refractivity contribution in [1.29, 1.82) is 0 Å². The lowest BCUT2D eigenvalue weighted by Gasteiger charge is -2.13. The van der Waals surface area contributed by atoms with Gasteiger partial charge >= 0.3 is 0 Å². The van der Waals surface area contributed by atoms with Crippen LogP contribution in [0.5, 0.6) is 0 Å². The maximum Gasteiger partial charge on any atom is 0.251 e. The topological polar surface area (TPSA) is 83.6 Å². The van der Waals surface area contributed by atoms with Gasteiger partial charge in [-0.05, 0) is 50.1 Å². The maximum absolute atomic E-state index is 12.5. The van der Waals surface area contributed by atoms with Crippen LogP contribution in [0.4, 0.5) is 0 Å². The summed E-state index contributed by atoms with van der Waals surface area (Å²) in [4.78, 5) is 12.5. The van der Waals surface area contributed by atoms with E-state index in [4.69, 9.17) is 0 Å². The van der Waals surface area contributed by atoms with Gasteiger partial charge in [-0.3, -0.25) is 9.89 Å². The van der Waals surface area contributed by atoms with Crippen molar-refractivity contribution in [2.75, 3.05) is 0 Å². The quantitative estimate of drug-likeness (QED) is 0.700. The Hall–Kier alpha value is -3.02. The van der Waals surface area contributed by atoms with E-state index in [-0.39, 0.29) is 11.9 Å². The number of hydrogen-bond donors (Lipinski definition) is 2. The largest absolute Gasteiger partial charge is 0.349 e. The Morgan fingerprint density at radius 3 is 2.37 bits per heavy atom. The number of carbonyl (C=O) groups excluding carboxylic acids is 1. The van der Waals surface area contributed by atoms with Gasteiger partial charge in [-0.15, -0.1) is 0 Å². The number of amides is 1. The summed E-state index contributed by atoms with van der Waals surface area (Å²) < 4.78 is 0. The minimum Gasteiger partial charge on any atom is -0.349 e. The summed E-state index contributed by atoms with van der Waals surface area (Å²) in [6.07, 6.45) is 0.686. The molecule has 1 unspecified atom stereocenters. The Morgan fingerprint density at radius 2 is 1.81 bits per heavy atom. The van der Waals surface area contributed by atoms with E-state index in [9.17, 15) is 4.79 Å². The lowest BCUT2D eigenvalue weighted by molar-refractivity contribution is 0.0940. The minimum absolute atomic E-state index is 0.00526. The van der Waals surface area contributed by atoms with Gasteiger partial charge in [0.15, 0.2) is 0 Å². The number of nitrogens with one attached hydrogen (secondary N) is 2. The van der Waals surface area contributed by atoms with Crippen LogP contribution in [0, 0.1) is 6.92 Å². The van der Waals surface area contributed by atoms with Crippen molar-refractivity contribution in [3.8, 4) is 11.3 Å². The molecule has 0 saturated heterocycles.